The van der Waals surface area contributed by atoms with E-state index in [1.54, 1.807) is 0 Å². The Labute approximate surface area is 75.9 Å². The number of hydrogen-bond acceptors (Lipinski definition) is 1. The number of nitrogens with one attached hydrogen (secondary N) is 1. The van der Waals surface area contributed by atoms with Gasteiger partial charge in [-0.15, -0.1) is 0 Å². The molecule has 0 aromatic carbocycles. The summed E-state index contributed by atoms with van der Waals surface area (Å²) in [5.74, 6) is 0.986. The molecule has 0 heterocycles. The van der Waals surface area contributed by atoms with Crippen LogP contribution in [0, 0.1) is 5.92 Å². The van der Waals surface area contributed by atoms with Gasteiger partial charge in [0, 0.05) is 12.1 Å². The molecule has 1 N–H and O–H groups in total. The zero-order chi connectivity index (χ0) is 8.39. The van der Waals surface area contributed by atoms with Gasteiger partial charge in [-0.1, -0.05) is 19.3 Å². The lowest BCUT2D eigenvalue weighted by atomic mass is 9.84. The summed E-state index contributed by atoms with van der Waals surface area (Å²) in [5.41, 5.74) is 0. The van der Waals surface area contributed by atoms with Crippen LogP contribution in [0.5, 0.6) is 0 Å². The Kier molecular flexibility index (Phi) is 2.69. The van der Waals surface area contributed by atoms with Gasteiger partial charge in [0.15, 0.2) is 0 Å². The summed E-state index contributed by atoms with van der Waals surface area (Å²) < 4.78 is 0. The summed E-state index contributed by atoms with van der Waals surface area (Å²) in [6, 6.07) is 1.68. The Bertz CT molecular complexity index is 134. The Hall–Kier alpha value is -0.0400. The van der Waals surface area contributed by atoms with Crippen molar-refractivity contribution in [1.82, 2.24) is 5.32 Å². The van der Waals surface area contributed by atoms with Crippen LogP contribution in [0.1, 0.15) is 51.9 Å². The van der Waals surface area contributed by atoms with Gasteiger partial charge in [0.25, 0.3) is 0 Å². The molecule has 2 aliphatic rings. The first-order valence-corrected chi connectivity index (χ1v) is 5.62. The third kappa shape index (κ3) is 2.22. The number of rotatable bonds is 3. The van der Waals surface area contributed by atoms with Gasteiger partial charge in [-0.25, -0.2) is 0 Å². The van der Waals surface area contributed by atoms with Crippen molar-refractivity contribution in [2.75, 3.05) is 0 Å². The Morgan fingerprint density at radius 3 is 2.25 bits per heavy atom. The Morgan fingerprint density at radius 1 is 1.00 bits per heavy atom. The van der Waals surface area contributed by atoms with E-state index < -0.39 is 0 Å². The molecule has 0 aliphatic heterocycles. The van der Waals surface area contributed by atoms with E-state index in [-0.39, 0.29) is 0 Å². The SMILES string of the molecule is C[C@@H](NC1CC1)C1CCCCC1. The first-order chi connectivity index (χ1) is 5.86. The molecule has 0 bridgehead atoms. The van der Waals surface area contributed by atoms with Crippen molar-refractivity contribution in [3.63, 3.8) is 0 Å². The van der Waals surface area contributed by atoms with Gasteiger partial charge in [-0.2, -0.15) is 0 Å². The molecule has 0 aromatic rings. The monoisotopic (exact) mass is 167 g/mol. The molecular weight excluding hydrogens is 146 g/mol. The maximum absolute atomic E-state index is 3.72. The van der Waals surface area contributed by atoms with Crippen LogP contribution in [0.4, 0.5) is 0 Å². The summed E-state index contributed by atoms with van der Waals surface area (Å²) in [5, 5.41) is 3.72. The Balaban J connectivity index is 1.72. The van der Waals surface area contributed by atoms with Crippen LogP contribution in [-0.4, -0.2) is 12.1 Å². The molecule has 2 saturated carbocycles. The van der Waals surface area contributed by atoms with E-state index in [0.717, 1.165) is 18.0 Å². The predicted octanol–water partition coefficient (Wildman–Crippen LogP) is 2.71. The fourth-order valence-electron chi connectivity index (χ4n) is 2.39. The third-order valence-corrected chi connectivity index (χ3v) is 3.43. The van der Waals surface area contributed by atoms with Crippen LogP contribution in [0.15, 0.2) is 0 Å². The van der Waals surface area contributed by atoms with E-state index in [9.17, 15) is 0 Å². The van der Waals surface area contributed by atoms with Crippen LogP contribution in [0.25, 0.3) is 0 Å². The molecule has 12 heavy (non-hydrogen) atoms. The highest BCUT2D eigenvalue weighted by Crippen LogP contribution is 2.28. The second-order valence-corrected chi connectivity index (χ2v) is 4.63. The lowest BCUT2D eigenvalue weighted by molar-refractivity contribution is 0.280. The van der Waals surface area contributed by atoms with E-state index in [2.05, 4.69) is 12.2 Å². The lowest BCUT2D eigenvalue weighted by Gasteiger charge is -2.28. The smallest absolute Gasteiger partial charge is 0.00708 e. The summed E-state index contributed by atoms with van der Waals surface area (Å²) in [6.07, 6.45) is 10.2. The molecule has 1 atom stereocenters. The van der Waals surface area contributed by atoms with E-state index >= 15 is 0 Å². The summed E-state index contributed by atoms with van der Waals surface area (Å²) in [6.45, 7) is 2.38. The fraction of sp³-hybridized carbons (Fsp3) is 1.00. The van der Waals surface area contributed by atoms with Crippen molar-refractivity contribution >= 4 is 0 Å². The van der Waals surface area contributed by atoms with E-state index in [1.807, 2.05) is 0 Å². The molecule has 1 heteroatoms. The normalized spacial score (nSPS) is 28.8. The van der Waals surface area contributed by atoms with E-state index in [4.69, 9.17) is 0 Å². The van der Waals surface area contributed by atoms with Gasteiger partial charge in [0.2, 0.25) is 0 Å². The van der Waals surface area contributed by atoms with Crippen molar-refractivity contribution in [3.05, 3.63) is 0 Å². The standard InChI is InChI=1S/C11H21N/c1-9(12-11-7-8-11)10-5-3-2-4-6-10/h9-12H,2-8H2,1H3/t9-/m1/s1. The zero-order valence-corrected chi connectivity index (χ0v) is 8.18. The third-order valence-electron chi connectivity index (χ3n) is 3.43. The first-order valence-electron chi connectivity index (χ1n) is 5.62. The van der Waals surface area contributed by atoms with E-state index in [1.165, 1.54) is 44.9 Å². The van der Waals surface area contributed by atoms with Crippen LogP contribution in [0.3, 0.4) is 0 Å². The van der Waals surface area contributed by atoms with Gasteiger partial charge in [0.05, 0.1) is 0 Å². The maximum Gasteiger partial charge on any atom is 0.00708 e. The van der Waals surface area contributed by atoms with Crippen LogP contribution >= 0.6 is 0 Å². The van der Waals surface area contributed by atoms with Crippen LogP contribution < -0.4 is 5.32 Å². The van der Waals surface area contributed by atoms with Gasteiger partial charge in [0.1, 0.15) is 0 Å². The van der Waals surface area contributed by atoms with Crippen molar-refractivity contribution in [2.45, 2.75) is 64.0 Å². The van der Waals surface area contributed by atoms with Crippen molar-refractivity contribution < 1.29 is 0 Å². The number of hydrogen-bond donors (Lipinski definition) is 1. The minimum Gasteiger partial charge on any atom is -0.311 e. The Morgan fingerprint density at radius 2 is 1.67 bits per heavy atom. The zero-order valence-electron chi connectivity index (χ0n) is 8.18. The highest BCUT2D eigenvalue weighted by atomic mass is 15.0. The van der Waals surface area contributed by atoms with Crippen LogP contribution in [-0.2, 0) is 0 Å². The van der Waals surface area contributed by atoms with Crippen molar-refractivity contribution in [2.24, 2.45) is 5.92 Å². The maximum atomic E-state index is 3.72. The molecular formula is C11H21N. The first kappa shape index (κ1) is 8.55. The molecule has 0 unspecified atom stereocenters. The second-order valence-electron chi connectivity index (χ2n) is 4.63. The van der Waals surface area contributed by atoms with Gasteiger partial charge >= 0.3 is 0 Å². The van der Waals surface area contributed by atoms with E-state index in [0.29, 0.717) is 0 Å². The molecule has 1 nitrogen and oxygen atoms in total. The average Bonchev–Trinajstić information content (AvgIpc) is 2.90. The van der Waals surface area contributed by atoms with Crippen LogP contribution in [0.2, 0.25) is 0 Å². The molecule has 0 amide bonds. The summed E-state index contributed by atoms with van der Waals surface area (Å²) in [7, 11) is 0. The summed E-state index contributed by atoms with van der Waals surface area (Å²) in [4.78, 5) is 0. The van der Waals surface area contributed by atoms with Crippen molar-refractivity contribution in [1.29, 1.82) is 0 Å². The van der Waals surface area contributed by atoms with Gasteiger partial charge in [-0.05, 0) is 38.5 Å². The largest absolute Gasteiger partial charge is 0.311 e. The minimum absolute atomic E-state index is 0.790. The molecule has 0 saturated heterocycles. The molecule has 0 spiro atoms. The second kappa shape index (κ2) is 3.78. The molecule has 2 rings (SSSR count). The summed E-state index contributed by atoms with van der Waals surface area (Å²) >= 11 is 0. The van der Waals surface area contributed by atoms with Crippen molar-refractivity contribution in [3.8, 4) is 0 Å². The predicted molar refractivity (Wildman–Crippen MR) is 52.2 cm³/mol. The topological polar surface area (TPSA) is 12.0 Å². The lowest BCUT2D eigenvalue weighted by Crippen LogP contribution is -2.35. The molecule has 2 aliphatic carbocycles. The fourth-order valence-corrected chi connectivity index (χ4v) is 2.39. The average molecular weight is 167 g/mol. The minimum atomic E-state index is 0.790. The quantitative estimate of drug-likeness (QED) is 0.681. The molecule has 70 valence electrons. The molecule has 0 aromatic heterocycles. The molecule has 2 fully saturated rings. The van der Waals surface area contributed by atoms with Gasteiger partial charge in [-0.3, -0.25) is 0 Å². The van der Waals surface area contributed by atoms with Gasteiger partial charge < -0.3 is 5.32 Å². The highest BCUT2D eigenvalue weighted by Gasteiger charge is 2.27. The highest BCUT2D eigenvalue weighted by molar-refractivity contribution is 4.86. The molecule has 0 radical (unpaired) electrons.